The van der Waals surface area contributed by atoms with Crippen molar-refractivity contribution in [3.63, 3.8) is 0 Å². The molecule has 0 aromatic heterocycles. The predicted octanol–water partition coefficient (Wildman–Crippen LogP) is 4.67. The van der Waals surface area contributed by atoms with E-state index in [2.05, 4.69) is 25.0 Å². The molecule has 168 valence electrons. The molecule has 0 aliphatic rings. The molecule has 0 radical (unpaired) electrons. The second kappa shape index (κ2) is 11.0. The lowest BCUT2D eigenvalue weighted by molar-refractivity contribution is -0.139. The van der Waals surface area contributed by atoms with Gasteiger partial charge >= 0.3 is 18.2 Å². The molecule has 0 saturated carbocycles. The Morgan fingerprint density at radius 3 is 2.33 bits per heavy atom. The lowest BCUT2D eigenvalue weighted by Crippen LogP contribution is -2.44. The molecule has 10 heteroatoms. The van der Waals surface area contributed by atoms with Crippen LogP contribution in [0.3, 0.4) is 0 Å². The van der Waals surface area contributed by atoms with Gasteiger partial charge in [-0.05, 0) is 67.1 Å². The van der Waals surface area contributed by atoms with Gasteiger partial charge in [0, 0.05) is 14.5 Å². The highest BCUT2D eigenvalue weighted by Crippen LogP contribution is 2.23. The number of carboxylic acid groups (broad SMARTS) is 1. The summed E-state index contributed by atoms with van der Waals surface area (Å²) in [5, 5.41) is 11.8. The van der Waals surface area contributed by atoms with Crippen LogP contribution < -0.4 is 10.1 Å². The van der Waals surface area contributed by atoms with Crippen LogP contribution in [0.5, 0.6) is 5.75 Å². The first kappa shape index (κ1) is 26.2. The zero-order valence-corrected chi connectivity index (χ0v) is 21.4. The molecule has 8 nitrogen and oxygen atoms in total. The van der Waals surface area contributed by atoms with E-state index in [4.69, 9.17) is 14.2 Å². The minimum atomic E-state index is -1.31. The third-order valence-corrected chi connectivity index (χ3v) is 6.24. The molecule has 1 rings (SSSR count). The van der Waals surface area contributed by atoms with Gasteiger partial charge in [-0.1, -0.05) is 25.7 Å². The Morgan fingerprint density at radius 2 is 1.83 bits per heavy atom. The van der Waals surface area contributed by atoms with Crippen LogP contribution in [0.15, 0.2) is 18.2 Å². The van der Waals surface area contributed by atoms with Gasteiger partial charge in [0.2, 0.25) is 0 Å². The van der Waals surface area contributed by atoms with E-state index in [0.29, 0.717) is 21.5 Å². The van der Waals surface area contributed by atoms with Crippen molar-refractivity contribution < 1.29 is 33.7 Å². The quantitative estimate of drug-likeness (QED) is 0.209. The molecule has 1 aromatic carbocycles. The smallest absolute Gasteiger partial charge is 0.480 e. The molecule has 0 bridgehead atoms. The lowest BCUT2D eigenvalue weighted by Gasteiger charge is -2.22. The molecule has 30 heavy (non-hydrogen) atoms. The fraction of sp³-hybridized carbons (Fsp3) is 0.550. The second-order valence-corrected chi connectivity index (χ2v) is 15.8. The van der Waals surface area contributed by atoms with Gasteiger partial charge < -0.3 is 24.6 Å². The zero-order valence-electron chi connectivity index (χ0n) is 18.2. The van der Waals surface area contributed by atoms with Crippen molar-refractivity contribution in [2.45, 2.75) is 64.5 Å². The molecule has 0 saturated heterocycles. The summed E-state index contributed by atoms with van der Waals surface area (Å²) in [4.78, 5) is 35.3. The molecular weight excluding hydrogens is 521 g/mol. The van der Waals surface area contributed by atoms with Crippen LogP contribution in [0.1, 0.15) is 26.3 Å². The maximum Gasteiger partial charge on any atom is 0.513 e. The van der Waals surface area contributed by atoms with Crippen LogP contribution in [0.25, 0.3) is 0 Å². The van der Waals surface area contributed by atoms with E-state index in [9.17, 15) is 19.5 Å². The maximum absolute atomic E-state index is 11.9. The van der Waals surface area contributed by atoms with E-state index in [1.807, 2.05) is 22.6 Å². The van der Waals surface area contributed by atoms with Crippen LogP contribution in [0.4, 0.5) is 9.59 Å². The molecule has 0 unspecified atom stereocenters. The Bertz CT molecular complexity index is 771. The number of aliphatic carboxylic acids is 1. The van der Waals surface area contributed by atoms with Gasteiger partial charge in [-0.25, -0.2) is 14.4 Å². The average molecular weight is 551 g/mol. The molecule has 0 fully saturated rings. The standard InChI is InChI=1S/C20H30INO7Si/c1-20(2,3)29-18(25)22-15(17(23)24)12-13-7-8-16(14(21)11-13)28-19(26)27-9-10-30(4,5)6/h7-8,11,15H,9-10,12H2,1-6H3,(H,22,25)(H,23,24)/t15-/m1/s1. The average Bonchev–Trinajstić information content (AvgIpc) is 2.53. The van der Waals surface area contributed by atoms with Crippen molar-refractivity contribution in [1.82, 2.24) is 5.32 Å². The number of hydrogen-bond acceptors (Lipinski definition) is 6. The maximum atomic E-state index is 11.9. The molecule has 0 aliphatic carbocycles. The normalized spacial score (nSPS) is 12.6. The summed E-state index contributed by atoms with van der Waals surface area (Å²) in [5.74, 6) is -0.855. The molecule has 0 aliphatic heterocycles. The first-order valence-electron chi connectivity index (χ1n) is 9.51. The third kappa shape index (κ3) is 10.8. The molecule has 1 amide bonds. The van der Waals surface area contributed by atoms with E-state index < -0.39 is 37.9 Å². The van der Waals surface area contributed by atoms with Crippen molar-refractivity contribution in [3.8, 4) is 5.75 Å². The highest BCUT2D eigenvalue weighted by atomic mass is 127. The summed E-state index contributed by atoms with van der Waals surface area (Å²) in [6, 6.07) is 4.59. The molecule has 0 spiro atoms. The topological polar surface area (TPSA) is 111 Å². The van der Waals surface area contributed by atoms with E-state index >= 15 is 0 Å². The number of carbonyl (C=O) groups is 3. The Kier molecular flexibility index (Phi) is 9.60. The third-order valence-electron chi connectivity index (χ3n) is 3.69. The summed E-state index contributed by atoms with van der Waals surface area (Å²) in [7, 11) is -1.31. The van der Waals surface area contributed by atoms with Crippen LogP contribution in [-0.4, -0.2) is 49.6 Å². The summed E-state index contributed by atoms with van der Waals surface area (Å²) in [5.41, 5.74) is -0.0761. The molecule has 1 atom stereocenters. The number of carbonyl (C=O) groups excluding carboxylic acids is 2. The minimum Gasteiger partial charge on any atom is -0.480 e. The van der Waals surface area contributed by atoms with Crippen molar-refractivity contribution in [3.05, 3.63) is 27.3 Å². The monoisotopic (exact) mass is 551 g/mol. The van der Waals surface area contributed by atoms with E-state index in [1.54, 1.807) is 39.0 Å². The Balaban J connectivity index is 2.71. The summed E-state index contributed by atoms with van der Waals surface area (Å²) in [6.45, 7) is 12.0. The van der Waals surface area contributed by atoms with Gasteiger partial charge in [0.15, 0.2) is 0 Å². The number of amides is 1. The first-order chi connectivity index (χ1) is 13.7. The fourth-order valence-electron chi connectivity index (χ4n) is 2.20. The number of rotatable bonds is 8. The van der Waals surface area contributed by atoms with Crippen LogP contribution in [0, 0.1) is 3.57 Å². The van der Waals surface area contributed by atoms with Crippen molar-refractivity contribution in [2.75, 3.05) is 6.61 Å². The number of ether oxygens (including phenoxy) is 3. The molecule has 0 heterocycles. The van der Waals surface area contributed by atoms with Crippen LogP contribution in [-0.2, 0) is 20.7 Å². The number of halogens is 1. The highest BCUT2D eigenvalue weighted by molar-refractivity contribution is 14.1. The Labute approximate surface area is 191 Å². The largest absolute Gasteiger partial charge is 0.513 e. The minimum absolute atomic E-state index is 0.0471. The number of nitrogens with one attached hydrogen (secondary N) is 1. The molecule has 2 N–H and O–H groups in total. The van der Waals surface area contributed by atoms with Gasteiger partial charge in [-0.15, -0.1) is 0 Å². The van der Waals surface area contributed by atoms with Gasteiger partial charge in [-0.3, -0.25) is 0 Å². The van der Waals surface area contributed by atoms with Gasteiger partial charge in [0.25, 0.3) is 0 Å². The molecule has 1 aromatic rings. The summed E-state index contributed by atoms with van der Waals surface area (Å²) in [6.07, 6.45) is -1.52. The van der Waals surface area contributed by atoms with E-state index in [1.165, 1.54) is 0 Å². The van der Waals surface area contributed by atoms with Crippen molar-refractivity contribution in [1.29, 1.82) is 0 Å². The van der Waals surface area contributed by atoms with Crippen molar-refractivity contribution in [2.24, 2.45) is 0 Å². The lowest BCUT2D eigenvalue weighted by atomic mass is 10.1. The summed E-state index contributed by atoms with van der Waals surface area (Å²) < 4.78 is 16.1. The highest BCUT2D eigenvalue weighted by Gasteiger charge is 2.24. The van der Waals surface area contributed by atoms with E-state index in [0.717, 1.165) is 6.04 Å². The second-order valence-electron chi connectivity index (χ2n) is 9.02. The van der Waals surface area contributed by atoms with Gasteiger partial charge in [0.05, 0.1) is 10.2 Å². The van der Waals surface area contributed by atoms with Gasteiger partial charge in [-0.2, -0.15) is 0 Å². The number of carboxylic acids is 1. The van der Waals surface area contributed by atoms with E-state index in [-0.39, 0.29) is 6.42 Å². The number of hydrogen-bond donors (Lipinski definition) is 2. The summed E-state index contributed by atoms with van der Waals surface area (Å²) >= 11 is 1.99. The Hall–Kier alpha value is -1.82. The van der Waals surface area contributed by atoms with Gasteiger partial charge in [0.1, 0.15) is 17.4 Å². The first-order valence-corrected chi connectivity index (χ1v) is 14.3. The number of alkyl carbamates (subject to hydrolysis) is 1. The zero-order chi connectivity index (χ0) is 23.1. The predicted molar refractivity (Wildman–Crippen MR) is 124 cm³/mol. The fourth-order valence-corrected chi connectivity index (χ4v) is 3.60. The van der Waals surface area contributed by atoms with Crippen LogP contribution >= 0.6 is 22.6 Å². The SMILES string of the molecule is CC(C)(C)OC(=O)N[C@H](Cc1ccc(OC(=O)OCC[Si](C)(C)C)c(I)c1)C(=O)O. The van der Waals surface area contributed by atoms with Crippen molar-refractivity contribution >= 4 is 48.9 Å². The Morgan fingerprint density at radius 1 is 1.20 bits per heavy atom. The van der Waals surface area contributed by atoms with Crippen LogP contribution in [0.2, 0.25) is 25.7 Å². The number of benzene rings is 1. The molecular formula is C20H30INO7Si.